The number of anilines is 2. The normalized spacial score (nSPS) is 10.3. The Morgan fingerprint density at radius 2 is 1.70 bits per heavy atom. The average Bonchev–Trinajstić information content (AvgIpc) is 2.93. The van der Waals surface area contributed by atoms with E-state index in [1.165, 1.54) is 6.20 Å². The van der Waals surface area contributed by atoms with Gasteiger partial charge in [-0.3, -0.25) is 9.36 Å². The van der Waals surface area contributed by atoms with E-state index in [1.807, 2.05) is 61.5 Å². The van der Waals surface area contributed by atoms with Crippen molar-refractivity contribution in [2.45, 2.75) is 13.3 Å². The first-order chi connectivity index (χ1) is 18.0. The van der Waals surface area contributed by atoms with Crippen molar-refractivity contribution in [2.75, 3.05) is 18.6 Å². The van der Waals surface area contributed by atoms with E-state index < -0.39 is 0 Å². The lowest BCUT2D eigenvalue weighted by atomic mass is 10.1. The highest BCUT2D eigenvalue weighted by atomic mass is 16.5. The number of aryl methyl sites for hydroxylation is 1. The van der Waals surface area contributed by atoms with Crippen LogP contribution in [0.15, 0.2) is 71.9 Å². The number of hydrogen-bond donors (Lipinski definition) is 2. The van der Waals surface area contributed by atoms with E-state index in [0.29, 0.717) is 40.3 Å². The maximum absolute atomic E-state index is 13.5. The number of ether oxygens (including phenoxy) is 1. The quantitative estimate of drug-likeness (QED) is 0.379. The highest BCUT2D eigenvalue weighted by Crippen LogP contribution is 2.24. The van der Waals surface area contributed by atoms with Gasteiger partial charge in [0.15, 0.2) is 11.6 Å². The smallest absolute Gasteiger partial charge is 0.266 e. The number of fused-ring (bicyclic) bond motifs is 1. The van der Waals surface area contributed by atoms with Crippen molar-refractivity contribution < 1.29 is 4.74 Å². The third kappa shape index (κ3) is 5.18. The lowest BCUT2D eigenvalue weighted by Gasteiger charge is -2.14. The van der Waals surface area contributed by atoms with Gasteiger partial charge in [0.2, 0.25) is 5.95 Å². The summed E-state index contributed by atoms with van der Waals surface area (Å²) in [5.41, 5.74) is 12.7. The van der Waals surface area contributed by atoms with Crippen LogP contribution in [0.4, 0.5) is 11.8 Å². The minimum Gasteiger partial charge on any atom is -0.494 e. The molecule has 4 N–H and O–H groups in total. The Morgan fingerprint density at radius 3 is 2.32 bits per heavy atom. The summed E-state index contributed by atoms with van der Waals surface area (Å²) in [6, 6.07) is 16.9. The van der Waals surface area contributed by atoms with Crippen LogP contribution in [0.5, 0.6) is 5.75 Å². The number of nitrogens with zero attached hydrogens (tertiary/aromatic N) is 7. The van der Waals surface area contributed by atoms with Crippen molar-refractivity contribution >= 4 is 22.7 Å². The number of nitrogens with two attached hydrogens (primary N) is 2. The van der Waals surface area contributed by atoms with Crippen molar-refractivity contribution in [2.24, 2.45) is 0 Å². The molecule has 11 nitrogen and oxygen atoms in total. The topological polar surface area (TPSA) is 172 Å². The second-order valence-corrected chi connectivity index (χ2v) is 7.64. The van der Waals surface area contributed by atoms with Gasteiger partial charge < -0.3 is 16.2 Å². The summed E-state index contributed by atoms with van der Waals surface area (Å²) >= 11 is 0. The van der Waals surface area contributed by atoms with E-state index in [1.54, 1.807) is 24.1 Å². The standard InChI is InChI=1S/C21H18N4O2.C5H5N5/c1-3-18-24-17-11-7-10-16(20-22-12-15(27-2)13-23-20)19(17)21(26)25(18)14-8-5-4-6-9-14;6-1-3-2-9-5(8)10-4(3)7/h4-13H,3H2,1-2H3;2H,(H4,7,8,9,10). The molecule has 5 aromatic rings. The van der Waals surface area contributed by atoms with Crippen LogP contribution >= 0.6 is 0 Å². The van der Waals surface area contributed by atoms with Gasteiger partial charge in [-0.15, -0.1) is 0 Å². The van der Waals surface area contributed by atoms with Crippen LogP contribution in [0.25, 0.3) is 28.0 Å². The van der Waals surface area contributed by atoms with E-state index >= 15 is 0 Å². The molecule has 0 aliphatic rings. The van der Waals surface area contributed by atoms with Crippen LogP contribution in [0.3, 0.4) is 0 Å². The molecule has 2 aromatic carbocycles. The van der Waals surface area contributed by atoms with Gasteiger partial charge in [-0.05, 0) is 18.2 Å². The third-order valence-electron chi connectivity index (χ3n) is 5.36. The zero-order chi connectivity index (χ0) is 26.4. The Balaban J connectivity index is 0.000000270. The van der Waals surface area contributed by atoms with Crippen LogP contribution < -0.4 is 21.8 Å². The summed E-state index contributed by atoms with van der Waals surface area (Å²) in [5.74, 6) is 1.94. The molecule has 0 radical (unpaired) electrons. The number of para-hydroxylation sites is 1. The Kier molecular flexibility index (Phi) is 7.30. The van der Waals surface area contributed by atoms with Crippen molar-refractivity contribution in [3.05, 3.63) is 88.9 Å². The summed E-state index contributed by atoms with van der Waals surface area (Å²) < 4.78 is 6.78. The molecule has 5 rings (SSSR count). The molecular formula is C26H23N9O2. The highest BCUT2D eigenvalue weighted by molar-refractivity contribution is 5.92. The second-order valence-electron chi connectivity index (χ2n) is 7.64. The van der Waals surface area contributed by atoms with Crippen molar-refractivity contribution in [1.29, 1.82) is 5.26 Å². The number of methoxy groups -OCH3 is 1. The van der Waals surface area contributed by atoms with E-state index in [9.17, 15) is 4.79 Å². The third-order valence-corrected chi connectivity index (χ3v) is 5.36. The monoisotopic (exact) mass is 493 g/mol. The number of hydrogen-bond acceptors (Lipinski definition) is 10. The molecule has 0 amide bonds. The van der Waals surface area contributed by atoms with E-state index in [4.69, 9.17) is 26.5 Å². The molecule has 11 heteroatoms. The Bertz CT molecular complexity index is 1640. The molecule has 37 heavy (non-hydrogen) atoms. The van der Waals surface area contributed by atoms with Crippen LogP contribution in [0, 0.1) is 11.3 Å². The molecule has 0 bridgehead atoms. The van der Waals surface area contributed by atoms with Gasteiger partial charge >= 0.3 is 0 Å². The minimum atomic E-state index is -0.127. The number of benzene rings is 2. The molecule has 0 aliphatic heterocycles. The van der Waals surface area contributed by atoms with Gasteiger partial charge in [-0.2, -0.15) is 10.2 Å². The molecule has 0 atom stereocenters. The lowest BCUT2D eigenvalue weighted by Crippen LogP contribution is -2.24. The fourth-order valence-electron chi connectivity index (χ4n) is 3.60. The van der Waals surface area contributed by atoms with Crippen molar-refractivity contribution in [1.82, 2.24) is 29.5 Å². The molecule has 184 valence electrons. The maximum Gasteiger partial charge on any atom is 0.266 e. The van der Waals surface area contributed by atoms with Crippen LogP contribution in [0.2, 0.25) is 0 Å². The molecule has 0 aliphatic carbocycles. The van der Waals surface area contributed by atoms with E-state index in [0.717, 1.165) is 5.69 Å². The Morgan fingerprint density at radius 1 is 0.973 bits per heavy atom. The van der Waals surface area contributed by atoms with E-state index in [2.05, 4.69) is 19.9 Å². The number of nitriles is 1. The molecule has 3 heterocycles. The summed E-state index contributed by atoms with van der Waals surface area (Å²) in [5, 5.41) is 8.86. The van der Waals surface area contributed by atoms with Gasteiger partial charge in [0.25, 0.3) is 5.56 Å². The van der Waals surface area contributed by atoms with Crippen LogP contribution in [-0.2, 0) is 6.42 Å². The largest absolute Gasteiger partial charge is 0.494 e. The maximum atomic E-state index is 13.5. The number of rotatable bonds is 4. The number of aromatic nitrogens is 6. The Hall–Kier alpha value is -5.37. The fourth-order valence-corrected chi connectivity index (χ4v) is 3.60. The molecule has 3 aromatic heterocycles. The second kappa shape index (κ2) is 10.9. The summed E-state index contributed by atoms with van der Waals surface area (Å²) in [4.78, 5) is 34.0. The van der Waals surface area contributed by atoms with Gasteiger partial charge in [0, 0.05) is 12.0 Å². The molecule has 0 saturated heterocycles. The van der Waals surface area contributed by atoms with Gasteiger partial charge in [0.1, 0.15) is 23.3 Å². The van der Waals surface area contributed by atoms with Crippen LogP contribution in [-0.4, -0.2) is 36.6 Å². The summed E-state index contributed by atoms with van der Waals surface area (Å²) in [6.07, 6.45) is 5.11. The molecular weight excluding hydrogens is 470 g/mol. The van der Waals surface area contributed by atoms with Gasteiger partial charge in [-0.25, -0.2) is 19.9 Å². The zero-order valence-corrected chi connectivity index (χ0v) is 20.2. The van der Waals surface area contributed by atoms with E-state index in [-0.39, 0.29) is 22.9 Å². The summed E-state index contributed by atoms with van der Waals surface area (Å²) in [7, 11) is 1.56. The zero-order valence-electron chi connectivity index (χ0n) is 20.2. The first-order valence-corrected chi connectivity index (χ1v) is 11.2. The SMILES string of the molecule is CCc1nc2cccc(-c3ncc(OC)cn3)c2c(=O)n1-c1ccccc1.N#Cc1cnc(N)nc1N. The van der Waals surface area contributed by atoms with Crippen molar-refractivity contribution in [3.8, 4) is 28.9 Å². The van der Waals surface area contributed by atoms with Crippen molar-refractivity contribution in [3.63, 3.8) is 0 Å². The minimum absolute atomic E-state index is 0.0801. The first kappa shape index (κ1) is 24.7. The molecule has 0 unspecified atom stereocenters. The molecule has 0 fully saturated rings. The fraction of sp³-hybridized carbons (Fsp3) is 0.115. The predicted molar refractivity (Wildman–Crippen MR) is 140 cm³/mol. The Labute approximate surface area is 212 Å². The van der Waals surface area contributed by atoms with Gasteiger partial charge in [0.05, 0.1) is 42.3 Å². The number of nitrogen functional groups attached to an aromatic ring is 2. The lowest BCUT2D eigenvalue weighted by molar-refractivity contribution is 0.411. The average molecular weight is 494 g/mol. The first-order valence-electron chi connectivity index (χ1n) is 11.2. The van der Waals surface area contributed by atoms with Crippen LogP contribution in [0.1, 0.15) is 18.3 Å². The van der Waals surface area contributed by atoms with Gasteiger partial charge in [-0.1, -0.05) is 37.3 Å². The molecule has 0 spiro atoms. The molecule has 0 saturated carbocycles. The highest BCUT2D eigenvalue weighted by Gasteiger charge is 2.16. The summed E-state index contributed by atoms with van der Waals surface area (Å²) in [6.45, 7) is 1.99. The predicted octanol–water partition coefficient (Wildman–Crippen LogP) is 2.93.